The molecule has 0 bridgehead atoms. The van der Waals surface area contributed by atoms with Crippen molar-refractivity contribution in [3.63, 3.8) is 0 Å². The van der Waals surface area contributed by atoms with Crippen molar-refractivity contribution >= 4 is 17.3 Å². The Balaban J connectivity index is 2.30. The molecule has 0 saturated carbocycles. The number of nitrogens with zero attached hydrogens (tertiary/aromatic N) is 4. The molecule has 0 amide bonds. The molecule has 2 aromatic heterocycles. The maximum Gasteiger partial charge on any atom is 0.358 e. The zero-order valence-electron chi connectivity index (χ0n) is 9.33. The topological polar surface area (TPSA) is 80.9 Å². The Kier molecular flexibility index (Phi) is 3.48. The molecule has 90 valence electrons. The molecule has 0 aliphatic rings. The van der Waals surface area contributed by atoms with Crippen LogP contribution in [0, 0.1) is 0 Å². The molecule has 0 radical (unpaired) electrons. The van der Waals surface area contributed by atoms with Crippen LogP contribution in [0.1, 0.15) is 34.5 Å². The van der Waals surface area contributed by atoms with E-state index in [1.165, 1.54) is 11.3 Å². The summed E-state index contributed by atoms with van der Waals surface area (Å²) in [6.45, 7) is 2.47. The van der Waals surface area contributed by atoms with Crippen molar-refractivity contribution < 1.29 is 9.90 Å². The maximum absolute atomic E-state index is 11.0. The molecule has 0 aromatic carbocycles. The van der Waals surface area contributed by atoms with Crippen LogP contribution < -0.4 is 0 Å². The fraction of sp³-hybridized carbons (Fsp3) is 0.400. The van der Waals surface area contributed by atoms with Crippen LogP contribution in [-0.4, -0.2) is 31.1 Å². The second-order valence-corrected chi connectivity index (χ2v) is 4.50. The quantitative estimate of drug-likeness (QED) is 0.870. The van der Waals surface area contributed by atoms with Crippen molar-refractivity contribution in [2.45, 2.75) is 26.3 Å². The SMILES string of the molecule is CCCc1c(C(=O)O)nnn1Cc1nccs1. The largest absolute Gasteiger partial charge is 0.476 e. The van der Waals surface area contributed by atoms with Crippen LogP contribution in [0.3, 0.4) is 0 Å². The highest BCUT2D eigenvalue weighted by atomic mass is 32.1. The number of hydrogen-bond donors (Lipinski definition) is 1. The summed E-state index contributed by atoms with van der Waals surface area (Å²) >= 11 is 1.52. The lowest BCUT2D eigenvalue weighted by Crippen LogP contribution is -2.09. The zero-order chi connectivity index (χ0) is 12.3. The van der Waals surface area contributed by atoms with E-state index in [4.69, 9.17) is 5.11 Å². The summed E-state index contributed by atoms with van der Waals surface area (Å²) < 4.78 is 1.62. The zero-order valence-corrected chi connectivity index (χ0v) is 10.1. The first-order chi connectivity index (χ1) is 8.22. The van der Waals surface area contributed by atoms with E-state index >= 15 is 0 Å². The third kappa shape index (κ3) is 2.50. The Hall–Kier alpha value is -1.76. The number of rotatable bonds is 5. The summed E-state index contributed by atoms with van der Waals surface area (Å²) in [5, 5.41) is 19.4. The van der Waals surface area contributed by atoms with Gasteiger partial charge in [-0.2, -0.15) is 0 Å². The molecule has 7 heteroatoms. The number of aromatic carboxylic acids is 1. The van der Waals surface area contributed by atoms with Crippen molar-refractivity contribution in [3.05, 3.63) is 28.0 Å². The van der Waals surface area contributed by atoms with Crippen LogP contribution in [0.2, 0.25) is 0 Å². The highest BCUT2D eigenvalue weighted by Gasteiger charge is 2.18. The molecule has 0 unspecified atom stereocenters. The average molecular weight is 252 g/mol. The molecule has 1 N–H and O–H groups in total. The Morgan fingerprint density at radius 1 is 1.59 bits per heavy atom. The van der Waals surface area contributed by atoms with Gasteiger partial charge >= 0.3 is 5.97 Å². The van der Waals surface area contributed by atoms with Gasteiger partial charge in [0.2, 0.25) is 0 Å². The van der Waals surface area contributed by atoms with Crippen LogP contribution in [0.5, 0.6) is 0 Å². The van der Waals surface area contributed by atoms with Crippen LogP contribution in [-0.2, 0) is 13.0 Å². The molecule has 0 atom stereocenters. The van der Waals surface area contributed by atoms with E-state index in [2.05, 4.69) is 15.3 Å². The van der Waals surface area contributed by atoms with Gasteiger partial charge in [0.25, 0.3) is 0 Å². The fourth-order valence-electron chi connectivity index (χ4n) is 1.57. The lowest BCUT2D eigenvalue weighted by atomic mass is 10.2. The first kappa shape index (κ1) is 11.7. The van der Waals surface area contributed by atoms with Crippen LogP contribution in [0.15, 0.2) is 11.6 Å². The highest BCUT2D eigenvalue weighted by Crippen LogP contribution is 2.12. The summed E-state index contributed by atoms with van der Waals surface area (Å²) in [6, 6.07) is 0. The normalized spacial score (nSPS) is 10.6. The smallest absolute Gasteiger partial charge is 0.358 e. The van der Waals surface area contributed by atoms with Gasteiger partial charge in [0.15, 0.2) is 5.69 Å². The first-order valence-corrected chi connectivity index (χ1v) is 6.14. The number of thiazole rings is 1. The molecule has 0 aliphatic heterocycles. The Morgan fingerprint density at radius 3 is 3.00 bits per heavy atom. The average Bonchev–Trinajstić information content (AvgIpc) is 2.90. The number of carbonyl (C=O) groups is 1. The molecule has 2 aromatic rings. The Labute approximate surface area is 102 Å². The Morgan fingerprint density at radius 2 is 2.41 bits per heavy atom. The first-order valence-electron chi connectivity index (χ1n) is 5.26. The van der Waals surface area contributed by atoms with Gasteiger partial charge in [-0.05, 0) is 6.42 Å². The maximum atomic E-state index is 11.0. The summed E-state index contributed by atoms with van der Waals surface area (Å²) in [5.41, 5.74) is 0.707. The van der Waals surface area contributed by atoms with Gasteiger partial charge in [-0.3, -0.25) is 0 Å². The molecular formula is C10H12N4O2S. The lowest BCUT2D eigenvalue weighted by molar-refractivity contribution is 0.0689. The molecule has 17 heavy (non-hydrogen) atoms. The third-order valence-corrected chi connectivity index (χ3v) is 3.06. The predicted molar refractivity (Wildman–Crippen MR) is 62.2 cm³/mol. The van der Waals surface area contributed by atoms with E-state index < -0.39 is 5.97 Å². The fourth-order valence-corrected chi connectivity index (χ4v) is 2.17. The van der Waals surface area contributed by atoms with Crippen molar-refractivity contribution in [2.75, 3.05) is 0 Å². The summed E-state index contributed by atoms with van der Waals surface area (Å²) in [4.78, 5) is 15.1. The van der Waals surface area contributed by atoms with Gasteiger partial charge in [0.05, 0.1) is 12.2 Å². The van der Waals surface area contributed by atoms with Gasteiger partial charge in [-0.25, -0.2) is 14.5 Å². The van der Waals surface area contributed by atoms with Gasteiger partial charge in [-0.1, -0.05) is 18.6 Å². The number of carboxylic acids is 1. The third-order valence-electron chi connectivity index (χ3n) is 2.30. The molecule has 0 fully saturated rings. The number of aromatic nitrogens is 4. The van der Waals surface area contributed by atoms with Gasteiger partial charge in [0, 0.05) is 11.6 Å². The number of hydrogen-bond acceptors (Lipinski definition) is 5. The lowest BCUT2D eigenvalue weighted by Gasteiger charge is -2.03. The molecule has 2 heterocycles. The minimum Gasteiger partial charge on any atom is -0.476 e. The van der Waals surface area contributed by atoms with Crippen LogP contribution in [0.25, 0.3) is 0 Å². The van der Waals surface area contributed by atoms with Crippen LogP contribution in [0.4, 0.5) is 0 Å². The molecular weight excluding hydrogens is 240 g/mol. The minimum atomic E-state index is -1.03. The predicted octanol–water partition coefficient (Wildman–Crippen LogP) is 1.43. The molecule has 2 rings (SSSR count). The summed E-state index contributed by atoms with van der Waals surface area (Å²) in [7, 11) is 0. The summed E-state index contributed by atoms with van der Waals surface area (Å²) in [5.74, 6) is -1.03. The molecule has 0 aliphatic carbocycles. The minimum absolute atomic E-state index is 0.0448. The Bertz CT molecular complexity index is 506. The van der Waals surface area contributed by atoms with E-state index in [-0.39, 0.29) is 5.69 Å². The van der Waals surface area contributed by atoms with E-state index in [0.29, 0.717) is 18.7 Å². The molecule has 0 spiro atoms. The van der Waals surface area contributed by atoms with Crippen molar-refractivity contribution in [1.82, 2.24) is 20.0 Å². The highest BCUT2D eigenvalue weighted by molar-refractivity contribution is 7.09. The van der Waals surface area contributed by atoms with E-state index in [9.17, 15) is 4.79 Å². The van der Waals surface area contributed by atoms with Crippen LogP contribution >= 0.6 is 11.3 Å². The summed E-state index contributed by atoms with van der Waals surface area (Å²) in [6.07, 6.45) is 3.22. The molecule has 0 saturated heterocycles. The van der Waals surface area contributed by atoms with Gasteiger partial charge in [-0.15, -0.1) is 16.4 Å². The van der Waals surface area contributed by atoms with Crippen molar-refractivity contribution in [1.29, 1.82) is 0 Å². The van der Waals surface area contributed by atoms with E-state index in [1.54, 1.807) is 10.9 Å². The second-order valence-electron chi connectivity index (χ2n) is 3.52. The van der Waals surface area contributed by atoms with E-state index in [1.807, 2.05) is 12.3 Å². The second kappa shape index (κ2) is 5.05. The van der Waals surface area contributed by atoms with Crippen molar-refractivity contribution in [3.8, 4) is 0 Å². The molecule has 6 nitrogen and oxygen atoms in total. The van der Waals surface area contributed by atoms with E-state index in [0.717, 1.165) is 11.4 Å². The van der Waals surface area contributed by atoms with Gasteiger partial charge in [0.1, 0.15) is 5.01 Å². The monoisotopic (exact) mass is 252 g/mol. The standard InChI is InChI=1S/C10H12N4O2S/c1-2-3-7-9(10(15)16)12-13-14(7)6-8-11-4-5-17-8/h4-5H,2-3,6H2,1H3,(H,15,16). The van der Waals surface area contributed by atoms with Crippen molar-refractivity contribution in [2.24, 2.45) is 0 Å². The van der Waals surface area contributed by atoms with Gasteiger partial charge < -0.3 is 5.11 Å². The number of carboxylic acid groups (broad SMARTS) is 1.